The van der Waals surface area contributed by atoms with Crippen LogP contribution in [0.15, 0.2) is 82.5 Å². The minimum absolute atomic E-state index is 0.00790. The number of aliphatic hydroxyl groups excluding tert-OH is 1. The van der Waals surface area contributed by atoms with Gasteiger partial charge in [0.1, 0.15) is 11.3 Å². The van der Waals surface area contributed by atoms with E-state index in [0.717, 1.165) is 10.1 Å². The van der Waals surface area contributed by atoms with Crippen molar-refractivity contribution in [2.45, 2.75) is 13.0 Å². The van der Waals surface area contributed by atoms with Crippen molar-refractivity contribution in [3.63, 3.8) is 0 Å². The van der Waals surface area contributed by atoms with Crippen molar-refractivity contribution in [1.29, 1.82) is 0 Å². The molecule has 9 nitrogen and oxygen atoms in total. The van der Waals surface area contributed by atoms with Crippen LogP contribution in [0.2, 0.25) is 0 Å². The van der Waals surface area contributed by atoms with E-state index in [0.29, 0.717) is 45.7 Å². The van der Waals surface area contributed by atoms with Crippen molar-refractivity contribution < 1.29 is 33.3 Å². The minimum Gasteiger partial charge on any atom is -0.503 e. The van der Waals surface area contributed by atoms with Crippen molar-refractivity contribution in [2.24, 2.45) is 0 Å². The summed E-state index contributed by atoms with van der Waals surface area (Å²) in [7, 11) is 3.01. The molecule has 5 aromatic rings. The van der Waals surface area contributed by atoms with Crippen LogP contribution in [0.4, 0.5) is 5.13 Å². The van der Waals surface area contributed by atoms with Crippen LogP contribution < -0.4 is 19.1 Å². The van der Waals surface area contributed by atoms with Crippen molar-refractivity contribution in [2.75, 3.05) is 25.7 Å². The number of thiazole rings is 1. The van der Waals surface area contributed by atoms with Crippen LogP contribution >= 0.6 is 11.3 Å². The Morgan fingerprint density at radius 2 is 1.85 bits per heavy atom. The Morgan fingerprint density at radius 3 is 2.60 bits per heavy atom. The Kier molecular flexibility index (Phi) is 6.39. The molecule has 0 saturated carbocycles. The molecule has 0 bridgehead atoms. The third kappa shape index (κ3) is 4.13. The summed E-state index contributed by atoms with van der Waals surface area (Å²) in [4.78, 5) is 33.6. The second-order valence-corrected chi connectivity index (χ2v) is 10.0. The van der Waals surface area contributed by atoms with E-state index in [4.69, 9.17) is 18.6 Å². The summed E-state index contributed by atoms with van der Waals surface area (Å²) in [6.07, 6.45) is 0. The number of hydrogen-bond donors (Lipinski definition) is 1. The Bertz CT molecular complexity index is 1790. The normalized spacial score (nSPS) is 15.3. The van der Waals surface area contributed by atoms with Gasteiger partial charge in [-0.05, 0) is 55.0 Å². The summed E-state index contributed by atoms with van der Waals surface area (Å²) in [6.45, 7) is 2.40. The molecule has 6 rings (SSSR count). The lowest BCUT2D eigenvalue weighted by Crippen LogP contribution is -2.31. The Labute approximate surface area is 232 Å². The minimum atomic E-state index is -1.01. The molecule has 1 aliphatic heterocycles. The van der Waals surface area contributed by atoms with Gasteiger partial charge in [-0.15, -0.1) is 0 Å². The molecule has 1 unspecified atom stereocenters. The first-order valence-electron chi connectivity index (χ1n) is 12.5. The van der Waals surface area contributed by atoms with Crippen molar-refractivity contribution in [3.8, 4) is 17.2 Å². The van der Waals surface area contributed by atoms with E-state index >= 15 is 0 Å². The SMILES string of the molecule is CCOc1ccc2nc(N3C(=O)C(O)=C(C(=O)c4cc5ccccc5o4)C3c3ccc(OC)c(OC)c3)sc2c1. The molecule has 0 saturated heterocycles. The summed E-state index contributed by atoms with van der Waals surface area (Å²) >= 11 is 1.26. The summed E-state index contributed by atoms with van der Waals surface area (Å²) in [5, 5.41) is 12.2. The molecule has 202 valence electrons. The topological polar surface area (TPSA) is 111 Å². The third-order valence-corrected chi connectivity index (χ3v) is 7.71. The van der Waals surface area contributed by atoms with Crippen LogP contribution in [0, 0.1) is 0 Å². The van der Waals surface area contributed by atoms with Gasteiger partial charge < -0.3 is 23.7 Å². The number of carbonyl (C=O) groups is 2. The molecule has 2 aromatic heterocycles. The van der Waals surface area contributed by atoms with Crippen LogP contribution in [0.3, 0.4) is 0 Å². The van der Waals surface area contributed by atoms with Gasteiger partial charge in [-0.25, -0.2) is 4.98 Å². The van der Waals surface area contributed by atoms with Crippen LogP contribution in [0.25, 0.3) is 21.2 Å². The van der Waals surface area contributed by atoms with E-state index in [-0.39, 0.29) is 11.3 Å². The first-order chi connectivity index (χ1) is 19.4. The van der Waals surface area contributed by atoms with Crippen LogP contribution in [-0.4, -0.2) is 42.6 Å². The fraction of sp³-hybridized carbons (Fsp3) is 0.167. The molecule has 3 heterocycles. The average Bonchev–Trinajstić information content (AvgIpc) is 3.66. The van der Waals surface area contributed by atoms with E-state index in [9.17, 15) is 14.7 Å². The monoisotopic (exact) mass is 556 g/mol. The number of anilines is 1. The van der Waals surface area contributed by atoms with Crippen molar-refractivity contribution in [3.05, 3.63) is 89.4 Å². The number of para-hydroxylation sites is 1. The molecule has 0 fully saturated rings. The summed E-state index contributed by atoms with van der Waals surface area (Å²) in [6, 6.07) is 18.3. The van der Waals surface area contributed by atoms with Gasteiger partial charge in [-0.1, -0.05) is 35.6 Å². The molecule has 0 spiro atoms. The zero-order chi connectivity index (χ0) is 28.0. The number of fused-ring (bicyclic) bond motifs is 2. The van der Waals surface area contributed by atoms with Gasteiger partial charge >= 0.3 is 0 Å². The predicted octanol–water partition coefficient (Wildman–Crippen LogP) is 6.24. The van der Waals surface area contributed by atoms with E-state index < -0.39 is 23.5 Å². The lowest BCUT2D eigenvalue weighted by Gasteiger charge is -2.25. The first kappa shape index (κ1) is 25.4. The fourth-order valence-electron chi connectivity index (χ4n) is 4.85. The number of aromatic nitrogens is 1. The number of benzene rings is 3. The zero-order valence-corrected chi connectivity index (χ0v) is 22.7. The second kappa shape index (κ2) is 10.0. The lowest BCUT2D eigenvalue weighted by molar-refractivity contribution is -0.117. The quantitative estimate of drug-likeness (QED) is 0.224. The number of rotatable bonds is 8. The molecule has 1 aliphatic rings. The van der Waals surface area contributed by atoms with Gasteiger partial charge in [-0.2, -0.15) is 0 Å². The highest BCUT2D eigenvalue weighted by atomic mass is 32.1. The maximum Gasteiger partial charge on any atom is 0.296 e. The molecular formula is C30H24N2O7S. The molecule has 1 N–H and O–H groups in total. The molecule has 40 heavy (non-hydrogen) atoms. The molecule has 1 atom stereocenters. The molecule has 0 radical (unpaired) electrons. The van der Waals surface area contributed by atoms with Crippen LogP contribution in [-0.2, 0) is 4.79 Å². The van der Waals surface area contributed by atoms with E-state index in [1.165, 1.54) is 30.5 Å². The highest BCUT2D eigenvalue weighted by Crippen LogP contribution is 2.46. The number of hydrogen-bond acceptors (Lipinski definition) is 9. The highest BCUT2D eigenvalue weighted by Gasteiger charge is 2.47. The van der Waals surface area contributed by atoms with Gasteiger partial charge in [-0.3, -0.25) is 14.5 Å². The van der Waals surface area contributed by atoms with Gasteiger partial charge in [0.2, 0.25) is 5.78 Å². The largest absolute Gasteiger partial charge is 0.503 e. The number of Topliss-reactive ketones (excluding diaryl/α,β-unsaturated/α-hetero) is 1. The zero-order valence-electron chi connectivity index (χ0n) is 21.8. The van der Waals surface area contributed by atoms with Crippen LogP contribution in [0.1, 0.15) is 29.1 Å². The maximum atomic E-state index is 13.9. The smallest absolute Gasteiger partial charge is 0.296 e. The molecule has 0 aliphatic carbocycles. The van der Waals surface area contributed by atoms with E-state index in [2.05, 4.69) is 4.98 Å². The maximum absolute atomic E-state index is 13.9. The number of amides is 1. The number of furan rings is 1. The molecule has 10 heteroatoms. The van der Waals surface area contributed by atoms with Gasteiger partial charge in [0, 0.05) is 5.39 Å². The first-order valence-corrected chi connectivity index (χ1v) is 13.3. The number of ether oxygens (including phenoxy) is 3. The van der Waals surface area contributed by atoms with Crippen molar-refractivity contribution >= 4 is 49.3 Å². The van der Waals surface area contributed by atoms with Gasteiger partial charge in [0.15, 0.2) is 28.1 Å². The van der Waals surface area contributed by atoms with Gasteiger partial charge in [0.05, 0.1) is 42.7 Å². The fourth-order valence-corrected chi connectivity index (χ4v) is 5.87. The summed E-state index contributed by atoms with van der Waals surface area (Å²) in [5.74, 6) is -0.458. The number of methoxy groups -OCH3 is 2. The number of aliphatic hydroxyl groups is 1. The Morgan fingerprint density at radius 1 is 1.05 bits per heavy atom. The molecule has 3 aromatic carbocycles. The molecular weight excluding hydrogens is 532 g/mol. The predicted molar refractivity (Wildman–Crippen MR) is 151 cm³/mol. The standard InChI is InChI=1S/C30H24N2O7S/c1-4-38-18-10-11-19-24(15-18)40-30(31-19)32-26(17-9-12-21(36-2)22(14-17)37-3)25(28(34)29(32)35)27(33)23-13-16-7-5-6-8-20(16)39-23/h5-15,26,34H,4H2,1-3H3. The van der Waals surface area contributed by atoms with E-state index in [1.807, 2.05) is 25.1 Å². The van der Waals surface area contributed by atoms with E-state index in [1.54, 1.807) is 48.5 Å². The third-order valence-electron chi connectivity index (χ3n) is 6.69. The number of ketones is 1. The Hall–Kier alpha value is -4.83. The summed E-state index contributed by atoms with van der Waals surface area (Å²) in [5.41, 5.74) is 1.57. The van der Waals surface area contributed by atoms with Gasteiger partial charge in [0.25, 0.3) is 5.91 Å². The second-order valence-electron chi connectivity index (χ2n) is 8.99. The number of carbonyl (C=O) groups excluding carboxylic acids is 2. The highest BCUT2D eigenvalue weighted by molar-refractivity contribution is 7.22. The average molecular weight is 557 g/mol. The Balaban J connectivity index is 1.51. The molecule has 1 amide bonds. The number of nitrogens with zero attached hydrogens (tertiary/aromatic N) is 2. The van der Waals surface area contributed by atoms with Crippen LogP contribution in [0.5, 0.6) is 17.2 Å². The lowest BCUT2D eigenvalue weighted by atomic mass is 9.95. The van der Waals surface area contributed by atoms with Crippen molar-refractivity contribution in [1.82, 2.24) is 4.98 Å². The summed E-state index contributed by atoms with van der Waals surface area (Å²) < 4.78 is 23.1.